The zero-order chi connectivity index (χ0) is 20.1. The molecule has 30 heavy (non-hydrogen) atoms. The number of fused-ring (bicyclic) bond motifs is 4. The van der Waals surface area contributed by atoms with Gasteiger partial charge in [-0.3, -0.25) is 0 Å². The van der Waals surface area contributed by atoms with Crippen molar-refractivity contribution in [2.45, 2.75) is 6.92 Å². The van der Waals surface area contributed by atoms with E-state index in [2.05, 4.69) is 46.4 Å². The maximum atomic E-state index is 6.05. The largest absolute Gasteiger partial charge is 0.456 e. The number of hydrogen-bond donors (Lipinski definition) is 0. The van der Waals surface area contributed by atoms with Gasteiger partial charge >= 0.3 is 0 Å². The van der Waals surface area contributed by atoms with Crippen molar-refractivity contribution in [3.8, 4) is 22.8 Å². The molecule has 0 N–H and O–H groups in total. The van der Waals surface area contributed by atoms with Crippen LogP contribution in [0.4, 0.5) is 0 Å². The van der Waals surface area contributed by atoms with Gasteiger partial charge in [-0.05, 0) is 35.9 Å². The third kappa shape index (κ3) is 2.65. The second-order valence-electron chi connectivity index (χ2n) is 7.37. The Kier molecular flexibility index (Phi) is 3.65. The van der Waals surface area contributed by atoms with Crippen LogP contribution in [0.25, 0.3) is 55.5 Å². The average molecular weight is 387 g/mol. The fraction of sp³-hybridized carbons (Fsp3) is 0.0385. The molecule has 0 aliphatic heterocycles. The summed E-state index contributed by atoms with van der Waals surface area (Å²) in [7, 11) is 0. The van der Waals surface area contributed by atoms with Crippen LogP contribution >= 0.6 is 0 Å². The van der Waals surface area contributed by atoms with Gasteiger partial charge in [0.05, 0.1) is 0 Å². The summed E-state index contributed by atoms with van der Waals surface area (Å²) in [6.45, 7) is 1.90. The van der Waals surface area contributed by atoms with E-state index in [4.69, 9.17) is 9.40 Å². The van der Waals surface area contributed by atoms with Crippen molar-refractivity contribution in [2.75, 3.05) is 0 Å². The van der Waals surface area contributed by atoms with Crippen molar-refractivity contribution in [2.24, 2.45) is 0 Å². The van der Waals surface area contributed by atoms with Gasteiger partial charge in [0.15, 0.2) is 11.6 Å². The summed E-state index contributed by atoms with van der Waals surface area (Å²) >= 11 is 0. The van der Waals surface area contributed by atoms with E-state index in [1.54, 1.807) is 0 Å². The smallest absolute Gasteiger partial charge is 0.164 e. The Bertz CT molecular complexity index is 1560. The van der Waals surface area contributed by atoms with Gasteiger partial charge in [0.1, 0.15) is 17.0 Å². The number of aryl methyl sites for hydroxylation is 1. The highest BCUT2D eigenvalue weighted by Crippen LogP contribution is 2.32. The van der Waals surface area contributed by atoms with Crippen LogP contribution in [0.1, 0.15) is 5.82 Å². The molecule has 0 aliphatic carbocycles. The number of aromatic nitrogens is 3. The molecule has 0 bridgehead atoms. The van der Waals surface area contributed by atoms with Crippen molar-refractivity contribution in [3.63, 3.8) is 0 Å². The Morgan fingerprint density at radius 2 is 1.33 bits per heavy atom. The van der Waals surface area contributed by atoms with Crippen LogP contribution in [0.5, 0.6) is 0 Å². The Labute approximate surface area is 172 Å². The molecule has 4 aromatic carbocycles. The molecule has 142 valence electrons. The highest BCUT2D eigenvalue weighted by Gasteiger charge is 2.13. The third-order valence-corrected chi connectivity index (χ3v) is 5.41. The number of nitrogens with zero attached hydrogens (tertiary/aromatic N) is 3. The van der Waals surface area contributed by atoms with Gasteiger partial charge in [-0.1, -0.05) is 66.7 Å². The Balaban J connectivity index is 1.54. The maximum absolute atomic E-state index is 6.05. The van der Waals surface area contributed by atoms with Crippen LogP contribution in [0, 0.1) is 6.92 Å². The van der Waals surface area contributed by atoms with Crippen LogP contribution in [0.2, 0.25) is 0 Å². The molecule has 2 aromatic heterocycles. The summed E-state index contributed by atoms with van der Waals surface area (Å²) in [5.74, 6) is 2.01. The molecule has 0 unspecified atom stereocenters. The molecule has 4 nitrogen and oxygen atoms in total. The molecule has 0 saturated carbocycles. The Morgan fingerprint density at radius 1 is 0.600 bits per heavy atom. The normalized spacial score (nSPS) is 11.5. The van der Waals surface area contributed by atoms with Gasteiger partial charge < -0.3 is 4.42 Å². The first-order valence-electron chi connectivity index (χ1n) is 9.89. The van der Waals surface area contributed by atoms with Crippen molar-refractivity contribution >= 4 is 32.7 Å². The van der Waals surface area contributed by atoms with Gasteiger partial charge in [-0.2, -0.15) is 0 Å². The highest BCUT2D eigenvalue weighted by molar-refractivity contribution is 6.05. The minimum atomic E-state index is 0.646. The van der Waals surface area contributed by atoms with Crippen molar-refractivity contribution < 1.29 is 4.42 Å². The topological polar surface area (TPSA) is 51.8 Å². The predicted octanol–water partition coefficient (Wildman–Crippen LogP) is 6.57. The maximum Gasteiger partial charge on any atom is 0.164 e. The first-order valence-corrected chi connectivity index (χ1v) is 9.89. The fourth-order valence-corrected chi connectivity index (χ4v) is 4.02. The summed E-state index contributed by atoms with van der Waals surface area (Å²) in [4.78, 5) is 14.1. The lowest BCUT2D eigenvalue weighted by Gasteiger charge is -2.08. The van der Waals surface area contributed by atoms with Crippen LogP contribution in [0.15, 0.2) is 89.3 Å². The quantitative estimate of drug-likeness (QED) is 0.337. The molecule has 2 heterocycles. The average Bonchev–Trinajstić information content (AvgIpc) is 3.16. The van der Waals surface area contributed by atoms with Gasteiger partial charge in [0.25, 0.3) is 0 Å². The number of furan rings is 1. The van der Waals surface area contributed by atoms with Gasteiger partial charge in [-0.15, -0.1) is 0 Å². The van der Waals surface area contributed by atoms with Gasteiger partial charge in [0, 0.05) is 21.9 Å². The number of hydrogen-bond acceptors (Lipinski definition) is 4. The van der Waals surface area contributed by atoms with Crippen LogP contribution in [0.3, 0.4) is 0 Å². The SMILES string of the molecule is Cc1nc(-c2ccc3c(c2)oc2ccccc23)nc(-c2cccc3ccccc23)n1. The molecular weight excluding hydrogens is 370 g/mol. The second-order valence-corrected chi connectivity index (χ2v) is 7.37. The molecule has 0 spiro atoms. The summed E-state index contributed by atoms with van der Waals surface area (Å²) in [5, 5.41) is 4.50. The molecular formula is C26H17N3O. The molecule has 0 atom stereocenters. The van der Waals surface area contributed by atoms with Crippen LogP contribution < -0.4 is 0 Å². The first kappa shape index (κ1) is 16.9. The highest BCUT2D eigenvalue weighted by atomic mass is 16.3. The zero-order valence-electron chi connectivity index (χ0n) is 16.3. The van der Waals surface area contributed by atoms with E-state index in [1.165, 1.54) is 5.39 Å². The second kappa shape index (κ2) is 6.49. The Hall–Kier alpha value is -4.05. The molecule has 0 radical (unpaired) electrons. The first-order chi connectivity index (χ1) is 14.8. The fourth-order valence-electron chi connectivity index (χ4n) is 4.02. The number of rotatable bonds is 2. The van der Waals surface area contributed by atoms with E-state index < -0.39 is 0 Å². The molecule has 6 aromatic rings. The van der Waals surface area contributed by atoms with E-state index in [1.807, 2.05) is 55.5 Å². The lowest BCUT2D eigenvalue weighted by atomic mass is 10.0. The van der Waals surface area contributed by atoms with E-state index in [0.29, 0.717) is 17.5 Å². The summed E-state index contributed by atoms with van der Waals surface area (Å²) in [6.07, 6.45) is 0. The van der Waals surface area contributed by atoms with E-state index in [-0.39, 0.29) is 0 Å². The summed E-state index contributed by atoms with van der Waals surface area (Å²) in [6, 6.07) is 28.7. The van der Waals surface area contributed by atoms with Crippen molar-refractivity contribution in [1.29, 1.82) is 0 Å². The van der Waals surface area contributed by atoms with Crippen molar-refractivity contribution in [1.82, 2.24) is 15.0 Å². The zero-order valence-corrected chi connectivity index (χ0v) is 16.3. The van der Waals surface area contributed by atoms with Gasteiger partial charge in [0.2, 0.25) is 0 Å². The molecule has 0 saturated heterocycles. The van der Waals surface area contributed by atoms with E-state index in [9.17, 15) is 0 Å². The Morgan fingerprint density at radius 3 is 2.27 bits per heavy atom. The van der Waals surface area contributed by atoms with Crippen molar-refractivity contribution in [3.05, 3.63) is 90.8 Å². The molecule has 0 aliphatic rings. The third-order valence-electron chi connectivity index (χ3n) is 5.41. The lowest BCUT2D eigenvalue weighted by Crippen LogP contribution is -1.99. The minimum absolute atomic E-state index is 0.646. The monoisotopic (exact) mass is 387 g/mol. The van der Waals surface area contributed by atoms with E-state index in [0.717, 1.165) is 38.5 Å². The lowest BCUT2D eigenvalue weighted by molar-refractivity contribution is 0.669. The minimum Gasteiger partial charge on any atom is -0.456 e. The van der Waals surface area contributed by atoms with E-state index >= 15 is 0 Å². The summed E-state index contributed by atoms with van der Waals surface area (Å²) in [5.41, 5.74) is 3.63. The number of benzene rings is 4. The van der Waals surface area contributed by atoms with Crippen LogP contribution in [-0.2, 0) is 0 Å². The molecule has 4 heteroatoms. The molecule has 0 amide bonds. The van der Waals surface area contributed by atoms with Crippen LogP contribution in [-0.4, -0.2) is 15.0 Å². The number of para-hydroxylation sites is 1. The molecule has 0 fully saturated rings. The summed E-state index contributed by atoms with van der Waals surface area (Å²) < 4.78 is 6.05. The predicted molar refractivity (Wildman–Crippen MR) is 120 cm³/mol. The molecule has 6 rings (SSSR count). The standard InChI is InChI=1S/C26H17N3O/c1-16-27-25(18-13-14-21-20-10-4-5-12-23(20)30-24(21)15-18)29-26(28-16)22-11-6-8-17-7-2-3-9-19(17)22/h2-15H,1H3. The van der Waals surface area contributed by atoms with Gasteiger partial charge in [-0.25, -0.2) is 15.0 Å².